The summed E-state index contributed by atoms with van der Waals surface area (Å²) in [6, 6.07) is 4.22. The van der Waals surface area contributed by atoms with Gasteiger partial charge in [-0.2, -0.15) is 0 Å². The van der Waals surface area contributed by atoms with Gasteiger partial charge in [0.25, 0.3) is 0 Å². The fourth-order valence-corrected chi connectivity index (χ4v) is 3.95. The van der Waals surface area contributed by atoms with E-state index < -0.39 is 21.5 Å². The number of ether oxygens (including phenoxy) is 1. The number of carboxylic acid groups (broad SMARTS) is 1. The predicted octanol–water partition coefficient (Wildman–Crippen LogP) is 1.15. The quantitative estimate of drug-likeness (QED) is 0.870. The Labute approximate surface area is 117 Å². The molecule has 2 N–H and O–H groups in total. The molecule has 2 rings (SSSR count). The van der Waals surface area contributed by atoms with E-state index >= 15 is 0 Å². The van der Waals surface area contributed by atoms with Crippen molar-refractivity contribution in [2.24, 2.45) is 0 Å². The molecular formula is C13H17NO5S. The first-order valence-corrected chi connectivity index (χ1v) is 7.68. The maximum absolute atomic E-state index is 12.4. The molecule has 0 bridgehead atoms. The van der Waals surface area contributed by atoms with Crippen LogP contribution in [-0.2, 0) is 14.8 Å². The van der Waals surface area contributed by atoms with Gasteiger partial charge >= 0.3 is 5.97 Å². The Bertz CT molecular complexity index is 632. The Morgan fingerprint density at radius 2 is 2.15 bits per heavy atom. The van der Waals surface area contributed by atoms with E-state index in [1.54, 1.807) is 6.92 Å². The van der Waals surface area contributed by atoms with Crippen LogP contribution in [-0.4, -0.2) is 38.2 Å². The van der Waals surface area contributed by atoms with Crippen LogP contribution in [0.5, 0.6) is 0 Å². The Morgan fingerprint density at radius 1 is 1.45 bits per heavy atom. The van der Waals surface area contributed by atoms with Gasteiger partial charge in [0.2, 0.25) is 10.0 Å². The highest BCUT2D eigenvalue weighted by molar-refractivity contribution is 7.89. The summed E-state index contributed by atoms with van der Waals surface area (Å²) in [5.74, 6) is -1.14. The molecule has 1 aliphatic heterocycles. The van der Waals surface area contributed by atoms with Gasteiger partial charge in [0.05, 0.1) is 22.6 Å². The molecule has 1 heterocycles. The number of carbonyl (C=O) groups is 1. The molecule has 0 aliphatic carbocycles. The summed E-state index contributed by atoms with van der Waals surface area (Å²) in [4.78, 5) is 11.1. The third-order valence-corrected chi connectivity index (χ3v) is 5.19. The van der Waals surface area contributed by atoms with E-state index in [0.29, 0.717) is 19.6 Å². The smallest absolute Gasteiger partial charge is 0.335 e. The zero-order valence-corrected chi connectivity index (χ0v) is 12.2. The normalized spacial score (nSPS) is 22.9. The standard InChI is InChI=1S/C13H17NO5S/c1-9-10(12(15)16)4-3-5-11(9)20(17,18)14-13(2)6-7-19-8-13/h3-5,14H,6-8H2,1-2H3,(H,15,16). The van der Waals surface area contributed by atoms with Crippen LogP contribution in [0.1, 0.15) is 29.3 Å². The first-order valence-electron chi connectivity index (χ1n) is 6.20. The van der Waals surface area contributed by atoms with Crippen LogP contribution < -0.4 is 4.72 Å². The summed E-state index contributed by atoms with van der Waals surface area (Å²) in [7, 11) is -3.78. The van der Waals surface area contributed by atoms with Crippen LogP contribution in [0.25, 0.3) is 0 Å². The maximum Gasteiger partial charge on any atom is 0.335 e. The highest BCUT2D eigenvalue weighted by Crippen LogP contribution is 2.24. The molecule has 1 saturated heterocycles. The first kappa shape index (κ1) is 15.0. The Kier molecular flexibility index (Phi) is 3.86. The van der Waals surface area contributed by atoms with E-state index in [4.69, 9.17) is 9.84 Å². The number of benzene rings is 1. The Hall–Kier alpha value is -1.44. The average molecular weight is 299 g/mol. The zero-order chi connectivity index (χ0) is 15.0. The Morgan fingerprint density at radius 3 is 2.70 bits per heavy atom. The minimum atomic E-state index is -3.78. The van der Waals surface area contributed by atoms with E-state index in [1.807, 2.05) is 0 Å². The van der Waals surface area contributed by atoms with Crippen LogP contribution in [0, 0.1) is 6.92 Å². The average Bonchev–Trinajstić information content (AvgIpc) is 2.74. The van der Waals surface area contributed by atoms with Gasteiger partial charge in [-0.1, -0.05) is 6.07 Å². The minimum Gasteiger partial charge on any atom is -0.478 e. The van der Waals surface area contributed by atoms with Gasteiger partial charge in [-0.3, -0.25) is 0 Å². The molecule has 7 heteroatoms. The van der Waals surface area contributed by atoms with Crippen molar-refractivity contribution in [3.05, 3.63) is 29.3 Å². The van der Waals surface area contributed by atoms with E-state index in [0.717, 1.165) is 0 Å². The molecule has 0 spiro atoms. The van der Waals surface area contributed by atoms with Gasteiger partial charge in [-0.25, -0.2) is 17.9 Å². The summed E-state index contributed by atoms with van der Waals surface area (Å²) >= 11 is 0. The number of sulfonamides is 1. The summed E-state index contributed by atoms with van der Waals surface area (Å²) in [5.41, 5.74) is -0.430. The number of hydrogen-bond acceptors (Lipinski definition) is 4. The van der Waals surface area contributed by atoms with Crippen LogP contribution in [0.2, 0.25) is 0 Å². The molecule has 0 aromatic heterocycles. The number of aromatic carboxylic acids is 1. The lowest BCUT2D eigenvalue weighted by molar-refractivity contribution is 0.0696. The SMILES string of the molecule is Cc1c(C(=O)O)cccc1S(=O)(=O)NC1(C)CCOC1. The van der Waals surface area contributed by atoms with Gasteiger partial charge in [-0.05, 0) is 38.0 Å². The van der Waals surface area contributed by atoms with Crippen molar-refractivity contribution in [1.29, 1.82) is 0 Å². The summed E-state index contributed by atoms with van der Waals surface area (Å²) in [6.07, 6.45) is 0.587. The molecule has 1 aromatic rings. The van der Waals surface area contributed by atoms with Crippen molar-refractivity contribution in [2.75, 3.05) is 13.2 Å². The molecule has 1 aromatic carbocycles. The van der Waals surface area contributed by atoms with Gasteiger partial charge in [0.15, 0.2) is 0 Å². The second-order valence-corrected chi connectivity index (χ2v) is 6.85. The first-order chi connectivity index (χ1) is 9.25. The van der Waals surface area contributed by atoms with E-state index in [-0.39, 0.29) is 16.0 Å². The molecule has 0 radical (unpaired) electrons. The van der Waals surface area contributed by atoms with Crippen molar-refractivity contribution in [3.63, 3.8) is 0 Å². The third kappa shape index (κ3) is 2.84. The third-order valence-electron chi connectivity index (χ3n) is 3.40. The summed E-state index contributed by atoms with van der Waals surface area (Å²) < 4.78 is 32.7. The monoisotopic (exact) mass is 299 g/mol. The summed E-state index contributed by atoms with van der Waals surface area (Å²) in [6.45, 7) is 4.08. The minimum absolute atomic E-state index is 0.00877. The number of hydrogen-bond donors (Lipinski definition) is 2. The predicted molar refractivity (Wildman–Crippen MR) is 72.3 cm³/mol. The van der Waals surface area contributed by atoms with Crippen LogP contribution in [0.15, 0.2) is 23.1 Å². The molecule has 1 unspecified atom stereocenters. The van der Waals surface area contributed by atoms with Crippen LogP contribution in [0.4, 0.5) is 0 Å². The second-order valence-electron chi connectivity index (χ2n) is 5.20. The van der Waals surface area contributed by atoms with Crippen molar-refractivity contribution >= 4 is 16.0 Å². The van der Waals surface area contributed by atoms with Crippen LogP contribution in [0.3, 0.4) is 0 Å². The maximum atomic E-state index is 12.4. The van der Waals surface area contributed by atoms with Crippen molar-refractivity contribution in [1.82, 2.24) is 4.72 Å². The van der Waals surface area contributed by atoms with Crippen molar-refractivity contribution < 1.29 is 23.1 Å². The van der Waals surface area contributed by atoms with Gasteiger partial charge in [0, 0.05) is 6.61 Å². The molecule has 1 fully saturated rings. The van der Waals surface area contributed by atoms with Crippen molar-refractivity contribution in [3.8, 4) is 0 Å². The lowest BCUT2D eigenvalue weighted by atomic mass is 10.0. The lowest BCUT2D eigenvalue weighted by Crippen LogP contribution is -2.46. The van der Waals surface area contributed by atoms with Crippen LogP contribution >= 0.6 is 0 Å². The molecule has 0 saturated carbocycles. The topological polar surface area (TPSA) is 92.7 Å². The fourth-order valence-electron chi connectivity index (χ4n) is 2.26. The number of carboxylic acids is 1. The molecule has 1 aliphatic rings. The zero-order valence-electron chi connectivity index (χ0n) is 11.3. The molecule has 20 heavy (non-hydrogen) atoms. The van der Waals surface area contributed by atoms with E-state index in [1.165, 1.54) is 25.1 Å². The highest BCUT2D eigenvalue weighted by atomic mass is 32.2. The largest absolute Gasteiger partial charge is 0.478 e. The van der Waals surface area contributed by atoms with Gasteiger partial charge < -0.3 is 9.84 Å². The van der Waals surface area contributed by atoms with Gasteiger partial charge in [0.1, 0.15) is 0 Å². The van der Waals surface area contributed by atoms with E-state index in [2.05, 4.69) is 4.72 Å². The van der Waals surface area contributed by atoms with E-state index in [9.17, 15) is 13.2 Å². The Balaban J connectivity index is 2.40. The number of rotatable bonds is 4. The fraction of sp³-hybridized carbons (Fsp3) is 0.462. The molecule has 1 atom stereocenters. The molecular weight excluding hydrogens is 282 g/mol. The number of nitrogens with one attached hydrogen (secondary N) is 1. The molecule has 0 amide bonds. The lowest BCUT2D eigenvalue weighted by Gasteiger charge is -2.24. The van der Waals surface area contributed by atoms with Crippen molar-refractivity contribution in [2.45, 2.75) is 30.7 Å². The summed E-state index contributed by atoms with van der Waals surface area (Å²) in [5, 5.41) is 9.06. The second kappa shape index (κ2) is 5.16. The van der Waals surface area contributed by atoms with Gasteiger partial charge in [-0.15, -0.1) is 0 Å². The molecule has 6 nitrogen and oxygen atoms in total. The highest BCUT2D eigenvalue weighted by Gasteiger charge is 2.35. The molecule has 110 valence electrons.